The second kappa shape index (κ2) is 8.84. The van der Waals surface area contributed by atoms with Gasteiger partial charge in [-0.25, -0.2) is 0 Å². The Kier molecular flexibility index (Phi) is 8.69. The van der Waals surface area contributed by atoms with Crippen LogP contribution in [0.5, 0.6) is 0 Å². The molecule has 0 rings (SSSR count). The molecule has 0 aliphatic carbocycles. The Balaban J connectivity index is 3.91. The molecule has 0 amide bonds. The fraction of sp³-hybridized carbons (Fsp3) is 0.889. The van der Waals surface area contributed by atoms with Gasteiger partial charge in [-0.05, 0) is 64.8 Å². The zero-order valence-electron chi connectivity index (χ0n) is 14.8. The minimum absolute atomic E-state index is 0.0641. The summed E-state index contributed by atoms with van der Waals surface area (Å²) in [5, 5.41) is 3.27. The van der Waals surface area contributed by atoms with Crippen LogP contribution in [0.1, 0.15) is 79.6 Å². The van der Waals surface area contributed by atoms with Gasteiger partial charge < -0.3 is 11.1 Å². The Labute approximate surface area is 127 Å². The maximum atomic E-state index is 6.37. The molecule has 0 saturated heterocycles. The molecule has 0 saturated carbocycles. The number of nitrogens with two attached hydrogens (primary N) is 1. The molecule has 3 N–H and O–H groups in total. The molecule has 2 nitrogen and oxygen atoms in total. The lowest BCUT2D eigenvalue weighted by Crippen LogP contribution is -2.42. The summed E-state index contributed by atoms with van der Waals surface area (Å²) in [6.07, 6.45) is 8.04. The number of nitrogens with one attached hydrogen (secondary N) is 1. The fourth-order valence-electron chi connectivity index (χ4n) is 2.46. The predicted octanol–water partition coefficient (Wildman–Crippen LogP) is 4.64. The molecule has 2 atom stereocenters. The highest BCUT2D eigenvalue weighted by atomic mass is 14.9. The van der Waals surface area contributed by atoms with E-state index in [9.17, 15) is 0 Å². The Hall–Kier alpha value is -0.340. The zero-order chi connectivity index (χ0) is 15.8. The van der Waals surface area contributed by atoms with E-state index < -0.39 is 0 Å². The normalized spacial score (nSPS) is 16.8. The molecule has 0 radical (unpaired) electrons. The van der Waals surface area contributed by atoms with E-state index in [2.05, 4.69) is 46.5 Å². The second-order valence-corrected chi connectivity index (χ2v) is 7.67. The maximum absolute atomic E-state index is 6.37. The van der Waals surface area contributed by atoms with Gasteiger partial charge >= 0.3 is 0 Å². The van der Waals surface area contributed by atoms with Crippen molar-refractivity contribution in [2.24, 2.45) is 11.1 Å². The van der Waals surface area contributed by atoms with Crippen molar-refractivity contribution in [1.82, 2.24) is 5.32 Å². The largest absolute Gasteiger partial charge is 0.325 e. The molecule has 0 heterocycles. The van der Waals surface area contributed by atoms with Gasteiger partial charge in [0, 0.05) is 11.6 Å². The first kappa shape index (κ1) is 19.7. The SMILES string of the molecule is C=C(CCCC(C)(N)CC(C)NC)CCC(C)(C)CC. The summed E-state index contributed by atoms with van der Waals surface area (Å²) in [6.45, 7) is 15.6. The quantitative estimate of drug-likeness (QED) is 0.542. The molecule has 0 fully saturated rings. The lowest BCUT2D eigenvalue weighted by atomic mass is 9.83. The molecular weight excluding hydrogens is 244 g/mol. The van der Waals surface area contributed by atoms with Crippen LogP contribution >= 0.6 is 0 Å². The van der Waals surface area contributed by atoms with E-state index in [1.165, 1.54) is 18.4 Å². The summed E-state index contributed by atoms with van der Waals surface area (Å²) in [7, 11) is 2.00. The van der Waals surface area contributed by atoms with Crippen LogP contribution in [-0.4, -0.2) is 18.6 Å². The standard InChI is InChI=1S/C18H38N2/c1-8-17(4,5)13-11-15(2)10-9-12-18(6,19)14-16(3)20-7/h16,20H,2,8-14,19H2,1,3-7H3. The third-order valence-corrected chi connectivity index (χ3v) is 4.66. The number of hydrogen-bond acceptors (Lipinski definition) is 2. The monoisotopic (exact) mass is 282 g/mol. The second-order valence-electron chi connectivity index (χ2n) is 7.67. The zero-order valence-corrected chi connectivity index (χ0v) is 14.8. The predicted molar refractivity (Wildman–Crippen MR) is 92.0 cm³/mol. The van der Waals surface area contributed by atoms with Crippen LogP contribution in [0.3, 0.4) is 0 Å². The van der Waals surface area contributed by atoms with Gasteiger partial charge in [0.2, 0.25) is 0 Å². The van der Waals surface area contributed by atoms with Crippen LogP contribution in [0, 0.1) is 5.41 Å². The Morgan fingerprint density at radius 3 is 2.30 bits per heavy atom. The summed E-state index contributed by atoms with van der Waals surface area (Å²) in [5.74, 6) is 0. The van der Waals surface area contributed by atoms with Crippen molar-refractivity contribution in [3.05, 3.63) is 12.2 Å². The number of rotatable bonds is 11. The van der Waals surface area contributed by atoms with Gasteiger partial charge in [0.05, 0.1) is 0 Å². The molecule has 0 aromatic heterocycles. The lowest BCUT2D eigenvalue weighted by molar-refractivity contribution is 0.318. The number of hydrogen-bond donors (Lipinski definition) is 2. The molecule has 0 aromatic rings. The van der Waals surface area contributed by atoms with E-state index in [0.29, 0.717) is 11.5 Å². The summed E-state index contributed by atoms with van der Waals surface area (Å²) in [4.78, 5) is 0. The van der Waals surface area contributed by atoms with Gasteiger partial charge in [-0.2, -0.15) is 0 Å². The third-order valence-electron chi connectivity index (χ3n) is 4.66. The van der Waals surface area contributed by atoms with Crippen LogP contribution in [-0.2, 0) is 0 Å². The van der Waals surface area contributed by atoms with Crippen molar-refractivity contribution in [3.8, 4) is 0 Å². The summed E-state index contributed by atoms with van der Waals surface area (Å²) in [5.41, 5.74) is 8.15. The number of allylic oxidation sites excluding steroid dienone is 1. The van der Waals surface area contributed by atoms with Gasteiger partial charge in [-0.3, -0.25) is 0 Å². The summed E-state index contributed by atoms with van der Waals surface area (Å²) < 4.78 is 0. The topological polar surface area (TPSA) is 38.0 Å². The Bertz CT molecular complexity index is 279. The van der Waals surface area contributed by atoms with E-state index >= 15 is 0 Å². The van der Waals surface area contributed by atoms with Crippen LogP contribution < -0.4 is 11.1 Å². The Morgan fingerprint density at radius 2 is 1.80 bits per heavy atom. The van der Waals surface area contributed by atoms with Crippen molar-refractivity contribution in [2.45, 2.75) is 91.1 Å². The highest BCUT2D eigenvalue weighted by molar-refractivity contribution is 4.96. The highest BCUT2D eigenvalue weighted by Crippen LogP contribution is 2.29. The van der Waals surface area contributed by atoms with Crippen molar-refractivity contribution in [3.63, 3.8) is 0 Å². The summed E-state index contributed by atoms with van der Waals surface area (Å²) in [6, 6.07) is 0.485. The van der Waals surface area contributed by atoms with Crippen molar-refractivity contribution < 1.29 is 0 Å². The van der Waals surface area contributed by atoms with Gasteiger partial charge in [-0.1, -0.05) is 39.3 Å². The molecule has 0 aliphatic rings. The average molecular weight is 283 g/mol. The van der Waals surface area contributed by atoms with Gasteiger partial charge in [0.25, 0.3) is 0 Å². The van der Waals surface area contributed by atoms with Crippen molar-refractivity contribution >= 4 is 0 Å². The van der Waals surface area contributed by atoms with E-state index in [1.807, 2.05) is 7.05 Å². The molecule has 120 valence electrons. The fourth-order valence-corrected chi connectivity index (χ4v) is 2.46. The van der Waals surface area contributed by atoms with E-state index in [1.54, 1.807) is 0 Å². The molecule has 0 spiro atoms. The molecule has 2 unspecified atom stereocenters. The van der Waals surface area contributed by atoms with Gasteiger partial charge in [0.1, 0.15) is 0 Å². The van der Waals surface area contributed by atoms with Crippen LogP contribution in [0.25, 0.3) is 0 Å². The minimum Gasteiger partial charge on any atom is -0.325 e. The van der Waals surface area contributed by atoms with Crippen LogP contribution in [0.4, 0.5) is 0 Å². The van der Waals surface area contributed by atoms with Crippen molar-refractivity contribution in [1.29, 1.82) is 0 Å². The van der Waals surface area contributed by atoms with E-state index in [4.69, 9.17) is 5.73 Å². The average Bonchev–Trinajstić information content (AvgIpc) is 2.35. The van der Waals surface area contributed by atoms with Crippen LogP contribution in [0.15, 0.2) is 12.2 Å². The molecular formula is C18H38N2. The van der Waals surface area contributed by atoms with Gasteiger partial charge in [0.15, 0.2) is 0 Å². The van der Waals surface area contributed by atoms with Crippen molar-refractivity contribution in [2.75, 3.05) is 7.05 Å². The molecule has 0 aromatic carbocycles. The highest BCUT2D eigenvalue weighted by Gasteiger charge is 2.21. The smallest absolute Gasteiger partial charge is 0.0140 e. The van der Waals surface area contributed by atoms with Gasteiger partial charge in [-0.15, -0.1) is 0 Å². The third kappa shape index (κ3) is 9.55. The first-order valence-corrected chi connectivity index (χ1v) is 8.24. The first-order chi connectivity index (χ1) is 9.12. The Morgan fingerprint density at radius 1 is 1.20 bits per heavy atom. The van der Waals surface area contributed by atoms with E-state index in [-0.39, 0.29) is 5.54 Å². The lowest BCUT2D eigenvalue weighted by Gasteiger charge is -2.28. The molecule has 0 bridgehead atoms. The first-order valence-electron chi connectivity index (χ1n) is 8.24. The minimum atomic E-state index is -0.0641. The van der Waals surface area contributed by atoms with Crippen LogP contribution in [0.2, 0.25) is 0 Å². The maximum Gasteiger partial charge on any atom is 0.0140 e. The molecule has 20 heavy (non-hydrogen) atoms. The molecule has 0 aliphatic heterocycles. The summed E-state index contributed by atoms with van der Waals surface area (Å²) >= 11 is 0. The van der Waals surface area contributed by atoms with E-state index in [0.717, 1.165) is 32.1 Å². The molecule has 2 heteroatoms.